The van der Waals surface area contributed by atoms with Gasteiger partial charge in [-0.2, -0.15) is 0 Å². The maximum absolute atomic E-state index is 7.52. The van der Waals surface area contributed by atoms with Crippen LogP contribution in [0.4, 0.5) is 0 Å². The highest BCUT2D eigenvalue weighted by atomic mass is 79.9. The molecule has 1 aliphatic heterocycles. The zero-order valence-electron chi connectivity index (χ0n) is 10.1. The van der Waals surface area contributed by atoms with Gasteiger partial charge in [0.25, 0.3) is 0 Å². The highest BCUT2D eigenvalue weighted by Gasteiger charge is 2.16. The molecule has 0 amide bonds. The SMILES string of the molecule is N=C(N)c1ccc(Br)cc1OCC1CCCCO1. The molecular formula is C13H17BrN2O2. The Morgan fingerprint density at radius 3 is 3.00 bits per heavy atom. The van der Waals surface area contributed by atoms with Crippen LogP contribution in [0.15, 0.2) is 22.7 Å². The van der Waals surface area contributed by atoms with E-state index in [2.05, 4.69) is 15.9 Å². The zero-order chi connectivity index (χ0) is 13.0. The van der Waals surface area contributed by atoms with Crippen LogP contribution in [0.5, 0.6) is 5.75 Å². The molecule has 18 heavy (non-hydrogen) atoms. The van der Waals surface area contributed by atoms with E-state index in [4.69, 9.17) is 20.6 Å². The van der Waals surface area contributed by atoms with Gasteiger partial charge in [0.05, 0.1) is 11.7 Å². The summed E-state index contributed by atoms with van der Waals surface area (Å²) in [7, 11) is 0. The Kier molecular flexibility index (Phi) is 4.60. The summed E-state index contributed by atoms with van der Waals surface area (Å²) in [5, 5.41) is 7.52. The summed E-state index contributed by atoms with van der Waals surface area (Å²) in [6.07, 6.45) is 3.50. The standard InChI is InChI=1S/C13H17BrN2O2/c14-9-4-5-11(13(15)16)12(7-9)18-8-10-3-1-2-6-17-10/h4-5,7,10H,1-3,6,8H2,(H3,15,16). The number of amidine groups is 1. The van der Waals surface area contributed by atoms with Gasteiger partial charge in [-0.1, -0.05) is 15.9 Å². The first-order valence-electron chi connectivity index (χ1n) is 6.05. The summed E-state index contributed by atoms with van der Waals surface area (Å²) in [4.78, 5) is 0. The van der Waals surface area contributed by atoms with Crippen LogP contribution in [0, 0.1) is 5.41 Å². The van der Waals surface area contributed by atoms with Crippen LogP contribution < -0.4 is 10.5 Å². The molecule has 0 aromatic heterocycles. The Morgan fingerprint density at radius 2 is 2.33 bits per heavy atom. The van der Waals surface area contributed by atoms with Crippen LogP contribution in [0.2, 0.25) is 0 Å². The number of hydrogen-bond donors (Lipinski definition) is 2. The van der Waals surface area contributed by atoms with Gasteiger partial charge in [0.2, 0.25) is 0 Å². The van der Waals surface area contributed by atoms with E-state index in [-0.39, 0.29) is 11.9 Å². The van der Waals surface area contributed by atoms with Crippen molar-refractivity contribution in [3.8, 4) is 5.75 Å². The highest BCUT2D eigenvalue weighted by Crippen LogP contribution is 2.24. The molecule has 5 heteroatoms. The van der Waals surface area contributed by atoms with Gasteiger partial charge in [0, 0.05) is 11.1 Å². The second kappa shape index (κ2) is 6.20. The molecule has 4 nitrogen and oxygen atoms in total. The lowest BCUT2D eigenvalue weighted by atomic mass is 10.1. The average Bonchev–Trinajstić information content (AvgIpc) is 2.37. The molecule has 3 N–H and O–H groups in total. The smallest absolute Gasteiger partial charge is 0.131 e. The first-order chi connectivity index (χ1) is 8.66. The van der Waals surface area contributed by atoms with Gasteiger partial charge >= 0.3 is 0 Å². The maximum Gasteiger partial charge on any atom is 0.131 e. The quantitative estimate of drug-likeness (QED) is 0.663. The molecule has 1 unspecified atom stereocenters. The Morgan fingerprint density at radius 1 is 1.50 bits per heavy atom. The Bertz CT molecular complexity index is 431. The number of ether oxygens (including phenoxy) is 2. The third-order valence-corrected chi connectivity index (χ3v) is 3.43. The monoisotopic (exact) mass is 312 g/mol. The number of benzene rings is 1. The first-order valence-corrected chi connectivity index (χ1v) is 6.84. The van der Waals surface area contributed by atoms with Gasteiger partial charge in [-0.05, 0) is 37.5 Å². The van der Waals surface area contributed by atoms with Gasteiger partial charge < -0.3 is 15.2 Å². The number of nitrogens with one attached hydrogen (secondary N) is 1. The Labute approximate surface area is 115 Å². The summed E-state index contributed by atoms with van der Waals surface area (Å²) >= 11 is 3.39. The fraction of sp³-hybridized carbons (Fsp3) is 0.462. The fourth-order valence-corrected chi connectivity index (χ4v) is 2.30. The van der Waals surface area contributed by atoms with Crippen molar-refractivity contribution in [1.82, 2.24) is 0 Å². The molecule has 0 saturated carbocycles. The molecular weight excluding hydrogens is 296 g/mol. The van der Waals surface area contributed by atoms with E-state index in [0.717, 1.165) is 23.9 Å². The summed E-state index contributed by atoms with van der Waals surface area (Å²) in [5.41, 5.74) is 6.15. The minimum atomic E-state index is 0.0158. The van der Waals surface area contributed by atoms with E-state index in [1.54, 1.807) is 6.07 Å². The number of nitrogen functional groups attached to an aromatic ring is 1. The van der Waals surface area contributed by atoms with Crippen molar-refractivity contribution in [2.75, 3.05) is 13.2 Å². The molecule has 1 aromatic rings. The van der Waals surface area contributed by atoms with Gasteiger partial charge in [-0.3, -0.25) is 5.41 Å². The lowest BCUT2D eigenvalue weighted by Crippen LogP contribution is -2.26. The third-order valence-electron chi connectivity index (χ3n) is 2.93. The minimum absolute atomic E-state index is 0.0158. The zero-order valence-corrected chi connectivity index (χ0v) is 11.7. The molecule has 1 atom stereocenters. The topological polar surface area (TPSA) is 68.3 Å². The van der Waals surface area contributed by atoms with Crippen LogP contribution in [-0.4, -0.2) is 25.2 Å². The average molecular weight is 313 g/mol. The second-order valence-electron chi connectivity index (χ2n) is 4.35. The molecule has 0 bridgehead atoms. The normalized spacial score (nSPS) is 19.5. The van der Waals surface area contributed by atoms with Crippen molar-refractivity contribution in [1.29, 1.82) is 5.41 Å². The molecule has 1 heterocycles. The first kappa shape index (κ1) is 13.4. The van der Waals surface area contributed by atoms with Crippen molar-refractivity contribution in [2.45, 2.75) is 25.4 Å². The van der Waals surface area contributed by atoms with E-state index in [9.17, 15) is 0 Å². The van der Waals surface area contributed by atoms with E-state index in [0.29, 0.717) is 17.9 Å². The molecule has 1 saturated heterocycles. The van der Waals surface area contributed by atoms with Crippen molar-refractivity contribution < 1.29 is 9.47 Å². The summed E-state index contributed by atoms with van der Waals surface area (Å²) < 4.78 is 12.3. The summed E-state index contributed by atoms with van der Waals surface area (Å²) in [6.45, 7) is 1.32. The lowest BCUT2D eigenvalue weighted by Gasteiger charge is -2.23. The van der Waals surface area contributed by atoms with Crippen molar-refractivity contribution in [3.63, 3.8) is 0 Å². The molecule has 98 valence electrons. The van der Waals surface area contributed by atoms with E-state index < -0.39 is 0 Å². The molecule has 1 aliphatic rings. The second-order valence-corrected chi connectivity index (χ2v) is 5.27. The molecule has 0 spiro atoms. The fourth-order valence-electron chi connectivity index (χ4n) is 1.96. The number of hydrogen-bond acceptors (Lipinski definition) is 3. The number of rotatable bonds is 4. The van der Waals surface area contributed by atoms with Gasteiger partial charge in [0.1, 0.15) is 18.2 Å². The Balaban J connectivity index is 2.03. The van der Waals surface area contributed by atoms with Crippen molar-refractivity contribution >= 4 is 21.8 Å². The van der Waals surface area contributed by atoms with Crippen LogP contribution in [0.1, 0.15) is 24.8 Å². The third kappa shape index (κ3) is 3.46. The van der Waals surface area contributed by atoms with Crippen molar-refractivity contribution in [3.05, 3.63) is 28.2 Å². The highest BCUT2D eigenvalue weighted by molar-refractivity contribution is 9.10. The Hall–Kier alpha value is -1.07. The molecule has 0 radical (unpaired) electrons. The van der Waals surface area contributed by atoms with Crippen LogP contribution in [0.3, 0.4) is 0 Å². The maximum atomic E-state index is 7.52. The molecule has 2 rings (SSSR count). The molecule has 0 aliphatic carbocycles. The minimum Gasteiger partial charge on any atom is -0.490 e. The largest absolute Gasteiger partial charge is 0.490 e. The van der Waals surface area contributed by atoms with Gasteiger partial charge in [0.15, 0.2) is 0 Å². The molecule has 1 fully saturated rings. The molecule has 1 aromatic carbocycles. The number of nitrogens with two attached hydrogens (primary N) is 1. The lowest BCUT2D eigenvalue weighted by molar-refractivity contribution is -0.0111. The summed E-state index contributed by atoms with van der Waals surface area (Å²) in [5.74, 6) is 0.646. The predicted molar refractivity (Wildman–Crippen MR) is 74.2 cm³/mol. The van der Waals surface area contributed by atoms with E-state index in [1.165, 1.54) is 6.42 Å². The number of halogens is 1. The van der Waals surface area contributed by atoms with E-state index in [1.807, 2.05) is 12.1 Å². The van der Waals surface area contributed by atoms with E-state index >= 15 is 0 Å². The van der Waals surface area contributed by atoms with Gasteiger partial charge in [-0.15, -0.1) is 0 Å². The predicted octanol–water partition coefficient (Wildman–Crippen LogP) is 2.68. The van der Waals surface area contributed by atoms with Crippen LogP contribution >= 0.6 is 15.9 Å². The van der Waals surface area contributed by atoms with Crippen LogP contribution in [-0.2, 0) is 4.74 Å². The summed E-state index contributed by atoms with van der Waals surface area (Å²) in [6, 6.07) is 5.46. The van der Waals surface area contributed by atoms with Gasteiger partial charge in [-0.25, -0.2) is 0 Å². The van der Waals surface area contributed by atoms with Crippen molar-refractivity contribution in [2.24, 2.45) is 5.73 Å². The van der Waals surface area contributed by atoms with Crippen LogP contribution in [0.25, 0.3) is 0 Å².